The Kier molecular flexibility index (Phi) is 7.94. The summed E-state index contributed by atoms with van der Waals surface area (Å²) in [6.07, 6.45) is 3.44. The van der Waals surface area contributed by atoms with Gasteiger partial charge in [0, 0.05) is 37.5 Å². The highest BCUT2D eigenvalue weighted by molar-refractivity contribution is 5.94. The van der Waals surface area contributed by atoms with E-state index < -0.39 is 6.04 Å². The van der Waals surface area contributed by atoms with Crippen LogP contribution in [0.1, 0.15) is 22.0 Å². The third kappa shape index (κ3) is 5.36. The number of rotatable bonds is 7. The average Bonchev–Trinajstić information content (AvgIpc) is 2.99. The molecule has 2 amide bonds. The van der Waals surface area contributed by atoms with Gasteiger partial charge in [-0.2, -0.15) is 5.10 Å². The van der Waals surface area contributed by atoms with Crippen LogP contribution in [0.2, 0.25) is 0 Å². The number of halogens is 1. The predicted molar refractivity (Wildman–Crippen MR) is 94.0 cm³/mol. The second-order valence-electron chi connectivity index (χ2n) is 5.08. The van der Waals surface area contributed by atoms with Crippen LogP contribution in [0.25, 0.3) is 0 Å². The number of amides is 2. The number of aryl methyl sites for hydroxylation is 1. The maximum Gasteiger partial charge on any atom is 0.251 e. The molecule has 0 spiro atoms. The summed E-state index contributed by atoms with van der Waals surface area (Å²) in [5.41, 5.74) is 1.39. The van der Waals surface area contributed by atoms with Crippen molar-refractivity contribution in [1.29, 1.82) is 0 Å². The number of hydrogen-bond donors (Lipinski definition) is 3. The smallest absolute Gasteiger partial charge is 0.251 e. The third-order valence-corrected chi connectivity index (χ3v) is 3.35. The van der Waals surface area contributed by atoms with E-state index in [4.69, 9.17) is 0 Å². The molecular weight excluding hydrogens is 330 g/mol. The maximum atomic E-state index is 12.2. The molecule has 3 N–H and O–H groups in total. The van der Waals surface area contributed by atoms with E-state index in [0.717, 1.165) is 5.56 Å². The van der Waals surface area contributed by atoms with Gasteiger partial charge in [-0.1, -0.05) is 18.2 Å². The van der Waals surface area contributed by atoms with Crippen molar-refractivity contribution in [2.24, 2.45) is 7.05 Å². The second-order valence-corrected chi connectivity index (χ2v) is 5.08. The summed E-state index contributed by atoms with van der Waals surface area (Å²) in [4.78, 5) is 24.0. The minimum absolute atomic E-state index is 0. The molecular formula is C16H22ClN5O2. The number of nitrogens with one attached hydrogen (secondary N) is 3. The SMILES string of the molecule is CNC(C(=O)NCCNC(=O)c1ccccc1)c1cnn(C)c1.Cl. The Hall–Kier alpha value is -2.38. The topological polar surface area (TPSA) is 88.1 Å². The van der Waals surface area contributed by atoms with Crippen molar-refractivity contribution in [3.63, 3.8) is 0 Å². The lowest BCUT2D eigenvalue weighted by Gasteiger charge is -2.14. The largest absolute Gasteiger partial charge is 0.353 e. The summed E-state index contributed by atoms with van der Waals surface area (Å²) < 4.78 is 1.65. The van der Waals surface area contributed by atoms with Crippen molar-refractivity contribution in [2.45, 2.75) is 6.04 Å². The minimum atomic E-state index is -0.464. The van der Waals surface area contributed by atoms with Crippen molar-refractivity contribution in [3.8, 4) is 0 Å². The summed E-state index contributed by atoms with van der Waals surface area (Å²) in [5.74, 6) is -0.313. The molecule has 1 heterocycles. The molecule has 2 aromatic rings. The Balaban J connectivity index is 0.00000288. The molecule has 0 aliphatic rings. The Labute approximate surface area is 147 Å². The molecule has 7 nitrogen and oxygen atoms in total. The number of carbonyl (C=O) groups excluding carboxylic acids is 2. The lowest BCUT2D eigenvalue weighted by molar-refractivity contribution is -0.123. The normalized spacial score (nSPS) is 11.2. The quantitative estimate of drug-likeness (QED) is 0.639. The van der Waals surface area contributed by atoms with Crippen molar-refractivity contribution >= 4 is 24.2 Å². The average molecular weight is 352 g/mol. The maximum absolute atomic E-state index is 12.2. The molecule has 130 valence electrons. The van der Waals surface area contributed by atoms with Crippen LogP contribution < -0.4 is 16.0 Å². The van der Waals surface area contributed by atoms with Gasteiger partial charge in [-0.25, -0.2) is 0 Å². The fourth-order valence-electron chi connectivity index (χ4n) is 2.19. The first-order chi connectivity index (χ1) is 11.1. The van der Waals surface area contributed by atoms with Crippen molar-refractivity contribution in [2.75, 3.05) is 20.1 Å². The van der Waals surface area contributed by atoms with Crippen LogP contribution in [-0.2, 0) is 11.8 Å². The van der Waals surface area contributed by atoms with Crippen LogP contribution in [-0.4, -0.2) is 41.7 Å². The van der Waals surface area contributed by atoms with Gasteiger partial charge in [-0.15, -0.1) is 12.4 Å². The van der Waals surface area contributed by atoms with Crippen LogP contribution in [0.5, 0.6) is 0 Å². The molecule has 0 aliphatic heterocycles. The van der Waals surface area contributed by atoms with Crippen molar-refractivity contribution in [3.05, 3.63) is 53.9 Å². The van der Waals surface area contributed by atoms with E-state index in [2.05, 4.69) is 21.0 Å². The zero-order valence-electron chi connectivity index (χ0n) is 13.7. The number of hydrogen-bond acceptors (Lipinski definition) is 4. The second kappa shape index (κ2) is 9.69. The Morgan fingerprint density at radius 3 is 2.42 bits per heavy atom. The molecule has 24 heavy (non-hydrogen) atoms. The molecule has 0 saturated carbocycles. The number of benzene rings is 1. The molecule has 0 fully saturated rings. The van der Waals surface area contributed by atoms with Crippen LogP contribution in [0.3, 0.4) is 0 Å². The standard InChI is InChI=1S/C16H21N5O2.ClH/c1-17-14(13-10-20-21(2)11-13)16(23)19-9-8-18-15(22)12-6-4-3-5-7-12;/h3-7,10-11,14,17H,8-9H2,1-2H3,(H,18,22)(H,19,23);1H. The van der Waals surface area contributed by atoms with E-state index in [9.17, 15) is 9.59 Å². The van der Waals surface area contributed by atoms with Crippen LogP contribution in [0.15, 0.2) is 42.7 Å². The number of nitrogens with zero attached hydrogens (tertiary/aromatic N) is 2. The van der Waals surface area contributed by atoms with Gasteiger partial charge in [0.05, 0.1) is 6.20 Å². The zero-order chi connectivity index (χ0) is 16.7. The number of likely N-dealkylation sites (N-methyl/N-ethyl adjacent to an activating group) is 1. The van der Waals surface area contributed by atoms with Gasteiger partial charge in [-0.05, 0) is 19.2 Å². The van der Waals surface area contributed by atoms with E-state index in [-0.39, 0.29) is 24.2 Å². The van der Waals surface area contributed by atoms with E-state index in [0.29, 0.717) is 18.7 Å². The summed E-state index contributed by atoms with van der Waals surface area (Å²) in [6, 6.07) is 8.49. The minimum Gasteiger partial charge on any atom is -0.353 e. The molecule has 1 aromatic heterocycles. The molecule has 1 unspecified atom stereocenters. The van der Waals surface area contributed by atoms with Crippen molar-refractivity contribution < 1.29 is 9.59 Å². The van der Waals surface area contributed by atoms with E-state index >= 15 is 0 Å². The van der Waals surface area contributed by atoms with Gasteiger partial charge in [0.2, 0.25) is 5.91 Å². The van der Waals surface area contributed by atoms with Gasteiger partial charge < -0.3 is 16.0 Å². The highest BCUT2D eigenvalue weighted by Crippen LogP contribution is 2.10. The fourth-order valence-corrected chi connectivity index (χ4v) is 2.19. The first-order valence-corrected chi connectivity index (χ1v) is 7.38. The Morgan fingerprint density at radius 2 is 1.83 bits per heavy atom. The molecule has 0 radical (unpaired) electrons. The molecule has 2 rings (SSSR count). The van der Waals surface area contributed by atoms with Crippen LogP contribution in [0.4, 0.5) is 0 Å². The molecule has 1 atom stereocenters. The summed E-state index contributed by atoms with van der Waals surface area (Å²) in [5, 5.41) is 12.6. The van der Waals surface area contributed by atoms with Crippen molar-refractivity contribution in [1.82, 2.24) is 25.7 Å². The zero-order valence-corrected chi connectivity index (χ0v) is 14.5. The molecule has 0 aliphatic carbocycles. The summed E-state index contributed by atoms with van der Waals surface area (Å²) in [7, 11) is 3.52. The van der Waals surface area contributed by atoms with Gasteiger partial charge in [0.25, 0.3) is 5.91 Å². The molecule has 0 bridgehead atoms. The van der Waals surface area contributed by atoms with Gasteiger partial charge in [0.1, 0.15) is 6.04 Å². The van der Waals surface area contributed by atoms with Gasteiger partial charge in [-0.3, -0.25) is 14.3 Å². The first-order valence-electron chi connectivity index (χ1n) is 7.38. The highest BCUT2D eigenvalue weighted by Gasteiger charge is 2.19. The Morgan fingerprint density at radius 1 is 1.17 bits per heavy atom. The van der Waals surface area contributed by atoms with E-state index in [1.54, 1.807) is 43.3 Å². The van der Waals surface area contributed by atoms with Crippen LogP contribution in [0, 0.1) is 0 Å². The van der Waals surface area contributed by atoms with Gasteiger partial charge >= 0.3 is 0 Å². The monoisotopic (exact) mass is 351 g/mol. The predicted octanol–water partition coefficient (Wildman–Crippen LogP) is 0.649. The number of aromatic nitrogens is 2. The lowest BCUT2D eigenvalue weighted by atomic mass is 10.1. The highest BCUT2D eigenvalue weighted by atomic mass is 35.5. The summed E-state index contributed by atoms with van der Waals surface area (Å²) in [6.45, 7) is 0.721. The van der Waals surface area contributed by atoms with Gasteiger partial charge in [0.15, 0.2) is 0 Å². The first kappa shape index (κ1) is 19.7. The Bertz CT molecular complexity index is 659. The van der Waals surface area contributed by atoms with E-state index in [1.165, 1.54) is 0 Å². The van der Waals surface area contributed by atoms with Crippen LogP contribution >= 0.6 is 12.4 Å². The molecule has 8 heteroatoms. The van der Waals surface area contributed by atoms with E-state index in [1.807, 2.05) is 18.2 Å². The third-order valence-electron chi connectivity index (χ3n) is 3.35. The fraction of sp³-hybridized carbons (Fsp3) is 0.312. The number of carbonyl (C=O) groups is 2. The molecule has 0 saturated heterocycles. The lowest BCUT2D eigenvalue weighted by Crippen LogP contribution is -2.40. The molecule has 1 aromatic carbocycles. The summed E-state index contributed by atoms with van der Waals surface area (Å²) >= 11 is 0.